The van der Waals surface area contributed by atoms with Crippen LogP contribution >= 0.6 is 11.8 Å². The van der Waals surface area contributed by atoms with Crippen molar-refractivity contribution in [2.75, 3.05) is 11.4 Å². The minimum Gasteiger partial charge on any atom is -0.310 e. The third-order valence-electron chi connectivity index (χ3n) is 6.28. The largest absolute Gasteiger partial charge is 0.310 e. The first-order chi connectivity index (χ1) is 16.1. The molecule has 0 unspecified atom stereocenters. The molecular formula is C27H24F2N2O2S. The summed E-state index contributed by atoms with van der Waals surface area (Å²) in [6, 6.07) is 17.3. The van der Waals surface area contributed by atoms with E-state index < -0.39 is 15.4 Å². The summed E-state index contributed by atoms with van der Waals surface area (Å²) in [5.74, 6) is -1.29. The van der Waals surface area contributed by atoms with Gasteiger partial charge >= 0.3 is 0 Å². The molecule has 2 aliphatic rings. The number of hydrogen-bond acceptors (Lipinski definition) is 3. The predicted molar refractivity (Wildman–Crippen MR) is 130 cm³/mol. The zero-order chi connectivity index (χ0) is 24.3. The first kappa shape index (κ1) is 22.6. The number of fused-ring (bicyclic) bond motifs is 2. The Kier molecular flexibility index (Phi) is 5.28. The lowest BCUT2D eigenvalue weighted by Crippen LogP contribution is -2.50. The van der Waals surface area contributed by atoms with Crippen molar-refractivity contribution < 1.29 is 18.4 Å². The quantitative estimate of drug-likeness (QED) is 0.489. The molecule has 1 fully saturated rings. The fourth-order valence-electron chi connectivity index (χ4n) is 4.80. The highest BCUT2D eigenvalue weighted by atomic mass is 32.2. The Balaban J connectivity index is 1.64. The van der Waals surface area contributed by atoms with E-state index in [4.69, 9.17) is 0 Å². The summed E-state index contributed by atoms with van der Waals surface area (Å²) < 4.78 is 26.6. The van der Waals surface area contributed by atoms with Crippen molar-refractivity contribution in [2.24, 2.45) is 0 Å². The molecule has 174 valence electrons. The highest BCUT2D eigenvalue weighted by molar-refractivity contribution is 8.02. The van der Waals surface area contributed by atoms with Crippen molar-refractivity contribution in [3.8, 4) is 0 Å². The SMILES string of the molecule is Cc1ccc2c(c1)[C@]1(SC(C)(C)CN1C(=O)c1ccc(F)cc1)C(=O)N2Cc1ccc(F)cc1. The summed E-state index contributed by atoms with van der Waals surface area (Å²) in [6.45, 7) is 6.61. The molecule has 1 saturated heterocycles. The van der Waals surface area contributed by atoms with Crippen molar-refractivity contribution in [1.82, 2.24) is 4.90 Å². The zero-order valence-corrected chi connectivity index (χ0v) is 20.0. The van der Waals surface area contributed by atoms with Crippen molar-refractivity contribution in [2.45, 2.75) is 36.9 Å². The van der Waals surface area contributed by atoms with E-state index in [-0.39, 0.29) is 24.2 Å². The van der Waals surface area contributed by atoms with Crippen LogP contribution in [0.25, 0.3) is 0 Å². The van der Waals surface area contributed by atoms with Crippen molar-refractivity contribution in [1.29, 1.82) is 0 Å². The maximum absolute atomic E-state index is 14.2. The van der Waals surface area contributed by atoms with Gasteiger partial charge in [0.05, 0.1) is 12.2 Å². The first-order valence-corrected chi connectivity index (χ1v) is 11.9. The topological polar surface area (TPSA) is 40.6 Å². The number of aryl methyl sites for hydroxylation is 1. The molecule has 3 aromatic rings. The molecular weight excluding hydrogens is 454 g/mol. The molecule has 0 saturated carbocycles. The molecule has 3 aromatic carbocycles. The molecule has 4 nitrogen and oxygen atoms in total. The summed E-state index contributed by atoms with van der Waals surface area (Å²) in [6.07, 6.45) is 0. The average molecular weight is 479 g/mol. The van der Waals surface area contributed by atoms with Crippen LogP contribution in [-0.4, -0.2) is 28.0 Å². The molecule has 1 atom stereocenters. The Labute approximate surface area is 201 Å². The summed E-state index contributed by atoms with van der Waals surface area (Å²) >= 11 is 1.47. The summed E-state index contributed by atoms with van der Waals surface area (Å²) in [5, 5.41) is 0. The molecule has 0 aromatic heterocycles. The third-order valence-corrected chi connectivity index (χ3v) is 7.87. The standard InChI is InChI=1S/C27H24F2N2O2S/c1-17-4-13-23-22(14-17)27(25(33)30(23)15-18-5-9-20(28)10-6-18)31(16-26(2,3)34-27)24(32)19-7-11-21(29)12-8-19/h4-14H,15-16H2,1-3H3/t27-/m0/s1. The van der Waals surface area contributed by atoms with Gasteiger partial charge in [-0.05, 0) is 68.8 Å². The predicted octanol–water partition coefficient (Wildman–Crippen LogP) is 5.64. The van der Waals surface area contributed by atoms with Crippen LogP contribution in [0.4, 0.5) is 14.5 Å². The van der Waals surface area contributed by atoms with E-state index in [1.54, 1.807) is 21.9 Å². The minimum absolute atomic E-state index is 0.205. The fraction of sp³-hybridized carbons (Fsp3) is 0.259. The van der Waals surface area contributed by atoms with E-state index in [2.05, 4.69) is 0 Å². The third kappa shape index (κ3) is 3.59. The number of carbonyl (C=O) groups is 2. The van der Waals surface area contributed by atoms with Crippen LogP contribution in [0.5, 0.6) is 0 Å². The van der Waals surface area contributed by atoms with Gasteiger partial charge < -0.3 is 9.80 Å². The number of thioether (sulfide) groups is 1. The number of nitrogens with zero attached hydrogens (tertiary/aromatic N) is 2. The molecule has 34 heavy (non-hydrogen) atoms. The second kappa shape index (κ2) is 7.94. The Morgan fingerprint density at radius 2 is 1.59 bits per heavy atom. The van der Waals surface area contributed by atoms with Gasteiger partial charge in [0.15, 0.2) is 4.87 Å². The second-order valence-electron chi connectivity index (χ2n) is 9.44. The van der Waals surface area contributed by atoms with E-state index in [0.29, 0.717) is 12.1 Å². The van der Waals surface area contributed by atoms with Gasteiger partial charge in [0.25, 0.3) is 11.8 Å². The molecule has 0 N–H and O–H groups in total. The van der Waals surface area contributed by atoms with Gasteiger partial charge in [-0.3, -0.25) is 9.59 Å². The van der Waals surface area contributed by atoms with Crippen LogP contribution in [0.15, 0.2) is 66.7 Å². The van der Waals surface area contributed by atoms with Gasteiger partial charge in [0.1, 0.15) is 11.6 Å². The maximum Gasteiger partial charge on any atom is 0.268 e. The summed E-state index contributed by atoms with van der Waals surface area (Å²) in [4.78, 5) is 30.0. The van der Waals surface area contributed by atoms with E-state index in [1.807, 2.05) is 39.0 Å². The van der Waals surface area contributed by atoms with Gasteiger partial charge in [-0.15, -0.1) is 11.8 Å². The Morgan fingerprint density at radius 1 is 0.971 bits per heavy atom. The Morgan fingerprint density at radius 3 is 2.24 bits per heavy atom. The first-order valence-electron chi connectivity index (χ1n) is 11.1. The molecule has 5 rings (SSSR count). The lowest BCUT2D eigenvalue weighted by molar-refractivity contribution is -0.123. The van der Waals surface area contributed by atoms with Crippen LogP contribution < -0.4 is 4.90 Å². The van der Waals surface area contributed by atoms with Gasteiger partial charge in [-0.1, -0.05) is 29.8 Å². The molecule has 0 radical (unpaired) electrons. The second-order valence-corrected chi connectivity index (χ2v) is 11.3. The molecule has 0 aliphatic carbocycles. The molecule has 2 heterocycles. The number of halogens is 2. The normalized spacial score (nSPS) is 20.8. The van der Waals surface area contributed by atoms with Crippen LogP contribution in [0, 0.1) is 18.6 Å². The number of anilines is 1. The van der Waals surface area contributed by atoms with Crippen LogP contribution in [0.3, 0.4) is 0 Å². The fourth-order valence-corrected chi connectivity index (χ4v) is 6.52. The van der Waals surface area contributed by atoms with E-state index in [1.165, 1.54) is 48.2 Å². The summed E-state index contributed by atoms with van der Waals surface area (Å²) in [5.41, 5.74) is 3.61. The van der Waals surface area contributed by atoms with Crippen molar-refractivity contribution in [3.63, 3.8) is 0 Å². The lowest BCUT2D eigenvalue weighted by atomic mass is 10.0. The van der Waals surface area contributed by atoms with Crippen LogP contribution in [0.2, 0.25) is 0 Å². The smallest absolute Gasteiger partial charge is 0.268 e. The molecule has 0 bridgehead atoms. The molecule has 1 spiro atoms. The van der Waals surface area contributed by atoms with E-state index in [9.17, 15) is 18.4 Å². The number of benzene rings is 3. The van der Waals surface area contributed by atoms with Crippen LogP contribution in [0.1, 0.15) is 40.9 Å². The number of rotatable bonds is 3. The highest BCUT2D eigenvalue weighted by Crippen LogP contribution is 2.60. The Bertz CT molecular complexity index is 1290. The minimum atomic E-state index is -1.24. The van der Waals surface area contributed by atoms with Gasteiger partial charge in [-0.2, -0.15) is 0 Å². The monoisotopic (exact) mass is 478 g/mol. The number of carbonyl (C=O) groups excluding carboxylic acids is 2. The number of amides is 2. The highest BCUT2D eigenvalue weighted by Gasteiger charge is 2.63. The average Bonchev–Trinajstić information content (AvgIpc) is 3.21. The Hall–Kier alpha value is -3.19. The van der Waals surface area contributed by atoms with Gasteiger partial charge in [0, 0.05) is 22.4 Å². The van der Waals surface area contributed by atoms with E-state index in [0.717, 1.165) is 22.4 Å². The maximum atomic E-state index is 14.2. The summed E-state index contributed by atoms with van der Waals surface area (Å²) in [7, 11) is 0. The van der Waals surface area contributed by atoms with E-state index >= 15 is 0 Å². The molecule has 2 aliphatic heterocycles. The van der Waals surface area contributed by atoms with Crippen molar-refractivity contribution in [3.05, 3.63) is 101 Å². The molecule has 2 amide bonds. The van der Waals surface area contributed by atoms with Gasteiger partial charge in [0.2, 0.25) is 0 Å². The lowest BCUT2D eigenvalue weighted by Gasteiger charge is -2.33. The zero-order valence-electron chi connectivity index (χ0n) is 19.1. The number of hydrogen-bond donors (Lipinski definition) is 0. The van der Waals surface area contributed by atoms with Crippen molar-refractivity contribution >= 4 is 29.3 Å². The molecule has 7 heteroatoms. The van der Waals surface area contributed by atoms with Gasteiger partial charge in [-0.25, -0.2) is 8.78 Å². The van der Waals surface area contributed by atoms with Crippen LogP contribution in [-0.2, 0) is 16.2 Å².